The van der Waals surface area contributed by atoms with Crippen LogP contribution in [-0.4, -0.2) is 25.0 Å². The maximum Gasteiger partial charge on any atom is 0.409 e. The summed E-state index contributed by atoms with van der Waals surface area (Å²) >= 11 is 0. The number of carbonyl (C=O) groups is 1. The van der Waals surface area contributed by atoms with Gasteiger partial charge in [0.1, 0.15) is 13.3 Å². The van der Waals surface area contributed by atoms with Crippen LogP contribution in [0.1, 0.15) is 5.56 Å². The van der Waals surface area contributed by atoms with Gasteiger partial charge in [-0.3, -0.25) is 5.32 Å². The zero-order valence-electron chi connectivity index (χ0n) is 8.49. The van der Waals surface area contributed by atoms with Gasteiger partial charge in [0.05, 0.1) is 0 Å². The van der Waals surface area contributed by atoms with Gasteiger partial charge in [-0.15, -0.1) is 0 Å². The first-order valence-electron chi connectivity index (χ1n) is 4.54. The van der Waals surface area contributed by atoms with Gasteiger partial charge in [0.2, 0.25) is 0 Å². The number of hydrogen-bond donors (Lipinski definition) is 3. The van der Waals surface area contributed by atoms with Gasteiger partial charge in [0.25, 0.3) is 0 Å². The van der Waals surface area contributed by atoms with E-state index < -0.39 is 12.8 Å². The molecule has 1 aromatic carbocycles. The number of anilines is 1. The van der Waals surface area contributed by atoms with E-state index in [0.717, 1.165) is 11.3 Å². The third-order valence-electron chi connectivity index (χ3n) is 1.84. The minimum absolute atomic E-state index is 0.190. The van der Waals surface area contributed by atoms with Crippen molar-refractivity contribution in [3.05, 3.63) is 29.8 Å². The summed E-state index contributed by atoms with van der Waals surface area (Å²) in [5.41, 5.74) is 1.89. The number of ether oxygens (including phenoxy) is 1. The highest BCUT2D eigenvalue weighted by atomic mass is 16.5. The number of nitrogens with one attached hydrogen (secondary N) is 2. The Hall–Kier alpha value is -1.75. The van der Waals surface area contributed by atoms with E-state index in [4.69, 9.17) is 9.84 Å². The summed E-state index contributed by atoms with van der Waals surface area (Å²) in [7, 11) is 1.83. The molecule has 3 N–H and O–H groups in total. The SMILES string of the molecule is CNc1ccc(COC(=O)NCO)cc1. The molecule has 1 rings (SSSR count). The molecule has 1 aromatic rings. The minimum Gasteiger partial charge on any atom is -0.445 e. The van der Waals surface area contributed by atoms with Crippen molar-refractivity contribution in [3.8, 4) is 0 Å². The maximum atomic E-state index is 10.8. The van der Waals surface area contributed by atoms with Crippen LogP contribution in [0.2, 0.25) is 0 Å². The predicted octanol–water partition coefficient (Wildman–Crippen LogP) is 0.904. The van der Waals surface area contributed by atoms with E-state index in [-0.39, 0.29) is 6.61 Å². The molecule has 1 amide bonds. The molecule has 0 bridgehead atoms. The normalized spacial score (nSPS) is 9.47. The quantitative estimate of drug-likeness (QED) is 0.646. The van der Waals surface area contributed by atoms with Crippen molar-refractivity contribution in [2.75, 3.05) is 19.1 Å². The fourth-order valence-electron chi connectivity index (χ4n) is 1.03. The summed E-state index contributed by atoms with van der Waals surface area (Å²) in [4.78, 5) is 10.8. The van der Waals surface area contributed by atoms with Crippen molar-refractivity contribution in [3.63, 3.8) is 0 Å². The summed E-state index contributed by atoms with van der Waals surface area (Å²) in [6.45, 7) is -0.229. The predicted molar refractivity (Wildman–Crippen MR) is 56.4 cm³/mol. The molecule has 0 aromatic heterocycles. The maximum absolute atomic E-state index is 10.8. The van der Waals surface area contributed by atoms with E-state index >= 15 is 0 Å². The molecule has 0 aliphatic rings. The molecule has 0 aliphatic heterocycles. The van der Waals surface area contributed by atoms with Gasteiger partial charge in [-0.2, -0.15) is 0 Å². The van der Waals surface area contributed by atoms with E-state index in [9.17, 15) is 4.79 Å². The summed E-state index contributed by atoms with van der Waals surface area (Å²) < 4.78 is 4.81. The van der Waals surface area contributed by atoms with E-state index in [1.807, 2.05) is 31.3 Å². The second-order valence-corrected chi connectivity index (χ2v) is 2.86. The number of hydrogen-bond acceptors (Lipinski definition) is 4. The first kappa shape index (κ1) is 11.3. The van der Waals surface area contributed by atoms with Crippen LogP contribution >= 0.6 is 0 Å². The number of benzene rings is 1. The van der Waals surface area contributed by atoms with Gasteiger partial charge in [-0.25, -0.2) is 4.79 Å². The number of aliphatic hydroxyl groups is 1. The molecule has 0 unspecified atom stereocenters. The van der Waals surface area contributed by atoms with E-state index in [0.29, 0.717) is 0 Å². The van der Waals surface area contributed by atoms with Gasteiger partial charge in [0.15, 0.2) is 0 Å². The molecule has 0 saturated carbocycles. The van der Waals surface area contributed by atoms with Crippen LogP contribution in [0.5, 0.6) is 0 Å². The summed E-state index contributed by atoms with van der Waals surface area (Å²) in [5.74, 6) is 0. The Kier molecular flexibility index (Phi) is 4.43. The smallest absolute Gasteiger partial charge is 0.409 e. The van der Waals surface area contributed by atoms with Crippen molar-refractivity contribution in [2.24, 2.45) is 0 Å². The van der Waals surface area contributed by atoms with Gasteiger partial charge in [-0.05, 0) is 17.7 Å². The second-order valence-electron chi connectivity index (χ2n) is 2.86. The fourth-order valence-corrected chi connectivity index (χ4v) is 1.03. The van der Waals surface area contributed by atoms with Crippen LogP contribution < -0.4 is 10.6 Å². The fraction of sp³-hybridized carbons (Fsp3) is 0.300. The lowest BCUT2D eigenvalue weighted by Gasteiger charge is -2.05. The second kappa shape index (κ2) is 5.87. The van der Waals surface area contributed by atoms with E-state index in [2.05, 4.69) is 10.6 Å². The highest BCUT2D eigenvalue weighted by Gasteiger charge is 2.00. The van der Waals surface area contributed by atoms with Crippen LogP contribution in [0.25, 0.3) is 0 Å². The molecule has 82 valence electrons. The molecule has 0 radical (unpaired) electrons. The molecule has 0 atom stereocenters. The van der Waals surface area contributed by atoms with Crippen molar-refractivity contribution in [1.29, 1.82) is 0 Å². The number of aliphatic hydroxyl groups excluding tert-OH is 1. The van der Waals surface area contributed by atoms with Crippen molar-refractivity contribution in [1.82, 2.24) is 5.32 Å². The Morgan fingerprint density at radius 3 is 2.60 bits per heavy atom. The lowest BCUT2D eigenvalue weighted by molar-refractivity contribution is 0.127. The first-order valence-corrected chi connectivity index (χ1v) is 4.54. The average Bonchev–Trinajstić information content (AvgIpc) is 2.27. The Labute approximate surface area is 88.1 Å². The van der Waals surface area contributed by atoms with E-state index in [1.54, 1.807) is 0 Å². The third-order valence-corrected chi connectivity index (χ3v) is 1.84. The van der Waals surface area contributed by atoms with Crippen molar-refractivity contribution in [2.45, 2.75) is 6.61 Å². The van der Waals surface area contributed by atoms with Crippen LogP contribution in [0.15, 0.2) is 24.3 Å². The molecule has 0 spiro atoms. The standard InChI is InChI=1S/C10H14N2O3/c1-11-9-4-2-8(3-5-9)6-15-10(14)12-7-13/h2-5,11,13H,6-7H2,1H3,(H,12,14). The molecular weight excluding hydrogens is 196 g/mol. The third kappa shape index (κ3) is 3.86. The van der Waals surface area contributed by atoms with Gasteiger partial charge in [-0.1, -0.05) is 12.1 Å². The van der Waals surface area contributed by atoms with Gasteiger partial charge in [0, 0.05) is 12.7 Å². The summed E-state index contributed by atoms with van der Waals surface area (Å²) in [5, 5.41) is 13.5. The largest absolute Gasteiger partial charge is 0.445 e. The molecule has 15 heavy (non-hydrogen) atoms. The monoisotopic (exact) mass is 210 g/mol. The van der Waals surface area contributed by atoms with E-state index in [1.165, 1.54) is 0 Å². The molecule has 0 aliphatic carbocycles. The molecule has 0 heterocycles. The number of amides is 1. The number of rotatable bonds is 4. The Balaban J connectivity index is 2.40. The Morgan fingerprint density at radius 2 is 2.07 bits per heavy atom. The topological polar surface area (TPSA) is 70.6 Å². The molecule has 0 saturated heterocycles. The Morgan fingerprint density at radius 1 is 1.40 bits per heavy atom. The lowest BCUT2D eigenvalue weighted by atomic mass is 10.2. The lowest BCUT2D eigenvalue weighted by Crippen LogP contribution is -2.24. The molecule has 5 nitrogen and oxygen atoms in total. The van der Waals surface area contributed by atoms with Gasteiger partial charge < -0.3 is 15.2 Å². The Bertz CT molecular complexity index is 311. The molecular formula is C10H14N2O3. The molecule has 0 fully saturated rings. The summed E-state index contributed by atoms with van der Waals surface area (Å²) in [6.07, 6.45) is -0.629. The minimum atomic E-state index is -0.629. The van der Waals surface area contributed by atoms with Crippen LogP contribution in [0, 0.1) is 0 Å². The first-order chi connectivity index (χ1) is 7.26. The zero-order valence-corrected chi connectivity index (χ0v) is 8.49. The van der Waals surface area contributed by atoms with Crippen molar-refractivity contribution >= 4 is 11.8 Å². The zero-order chi connectivity index (χ0) is 11.1. The van der Waals surface area contributed by atoms with Crippen molar-refractivity contribution < 1.29 is 14.6 Å². The summed E-state index contributed by atoms with van der Waals surface area (Å²) in [6, 6.07) is 7.50. The highest BCUT2D eigenvalue weighted by molar-refractivity contribution is 5.66. The van der Waals surface area contributed by atoms with Gasteiger partial charge >= 0.3 is 6.09 Å². The van der Waals surface area contributed by atoms with Crippen LogP contribution in [0.3, 0.4) is 0 Å². The number of alkyl carbamates (subject to hydrolysis) is 1. The average molecular weight is 210 g/mol. The highest BCUT2D eigenvalue weighted by Crippen LogP contribution is 2.09. The number of carbonyl (C=O) groups excluding carboxylic acids is 1. The molecule has 5 heteroatoms. The van der Waals surface area contributed by atoms with Crippen LogP contribution in [0.4, 0.5) is 10.5 Å². The van der Waals surface area contributed by atoms with Crippen LogP contribution in [-0.2, 0) is 11.3 Å².